The highest BCUT2D eigenvalue weighted by atomic mass is 35.5. The van der Waals surface area contributed by atoms with Gasteiger partial charge in [-0.15, -0.1) is 0 Å². The Morgan fingerprint density at radius 1 is 1.22 bits per heavy atom. The third-order valence-electron chi connectivity index (χ3n) is 3.35. The molecule has 0 aliphatic heterocycles. The predicted octanol–water partition coefficient (Wildman–Crippen LogP) is 2.50. The van der Waals surface area contributed by atoms with Gasteiger partial charge in [-0.2, -0.15) is 5.10 Å². The smallest absolute Gasteiger partial charge is 0.254 e. The zero-order valence-corrected chi connectivity index (χ0v) is 12.9. The molecule has 2 aromatic heterocycles. The van der Waals surface area contributed by atoms with Crippen LogP contribution in [0, 0.1) is 0 Å². The molecule has 2 heterocycles. The largest absolute Gasteiger partial charge is 0.343 e. The van der Waals surface area contributed by atoms with Crippen LogP contribution in [0.25, 0.3) is 0 Å². The molecule has 1 aromatic carbocycles. The average Bonchev–Trinajstić information content (AvgIpc) is 3.08. The van der Waals surface area contributed by atoms with Crippen molar-refractivity contribution in [2.45, 2.75) is 12.6 Å². The number of pyridine rings is 1. The molecule has 0 saturated carbocycles. The first kappa shape index (κ1) is 15.2. The van der Waals surface area contributed by atoms with Crippen molar-refractivity contribution in [3.8, 4) is 0 Å². The van der Waals surface area contributed by atoms with E-state index in [1.165, 1.54) is 6.33 Å². The van der Waals surface area contributed by atoms with Crippen LogP contribution in [0.3, 0.4) is 0 Å². The maximum absolute atomic E-state index is 12.5. The zero-order valence-electron chi connectivity index (χ0n) is 12.1. The summed E-state index contributed by atoms with van der Waals surface area (Å²) in [7, 11) is 0. The molecular weight excluding hydrogens is 314 g/mol. The molecule has 7 heteroatoms. The van der Waals surface area contributed by atoms with Gasteiger partial charge in [0.1, 0.15) is 17.8 Å². The molecule has 116 valence electrons. The molecule has 1 unspecified atom stereocenters. The normalized spacial score (nSPS) is 11.9. The zero-order chi connectivity index (χ0) is 16.1. The maximum Gasteiger partial charge on any atom is 0.254 e. The quantitative estimate of drug-likeness (QED) is 0.731. The number of halogens is 1. The Bertz CT molecular complexity index is 776. The Morgan fingerprint density at radius 2 is 2.04 bits per heavy atom. The summed E-state index contributed by atoms with van der Waals surface area (Å²) in [6.07, 6.45) is 4.62. The highest BCUT2D eigenvalue weighted by Crippen LogP contribution is 2.17. The second-order valence-corrected chi connectivity index (χ2v) is 5.25. The fourth-order valence-electron chi connectivity index (χ4n) is 2.23. The predicted molar refractivity (Wildman–Crippen MR) is 85.9 cm³/mol. The number of nitrogens with one attached hydrogen (secondary N) is 1. The van der Waals surface area contributed by atoms with Gasteiger partial charge < -0.3 is 5.32 Å². The van der Waals surface area contributed by atoms with Crippen LogP contribution in [0.4, 0.5) is 0 Å². The second-order valence-electron chi connectivity index (χ2n) is 4.90. The molecule has 0 bridgehead atoms. The summed E-state index contributed by atoms with van der Waals surface area (Å²) in [6, 6.07) is 12.7. The summed E-state index contributed by atoms with van der Waals surface area (Å²) >= 11 is 5.99. The van der Waals surface area contributed by atoms with Crippen molar-refractivity contribution >= 4 is 17.5 Å². The van der Waals surface area contributed by atoms with Crippen LogP contribution in [0.1, 0.15) is 22.0 Å². The third-order valence-corrected chi connectivity index (χ3v) is 3.65. The molecule has 0 radical (unpaired) electrons. The highest BCUT2D eigenvalue weighted by molar-refractivity contribution is 6.32. The van der Waals surface area contributed by atoms with Gasteiger partial charge in [0.05, 0.1) is 18.2 Å². The first-order chi connectivity index (χ1) is 11.2. The summed E-state index contributed by atoms with van der Waals surface area (Å²) in [5.74, 6) is -0.280. The van der Waals surface area contributed by atoms with Crippen molar-refractivity contribution in [1.82, 2.24) is 25.1 Å². The van der Waals surface area contributed by atoms with Gasteiger partial charge in [0.2, 0.25) is 0 Å². The minimum atomic E-state index is -0.280. The first-order valence-electron chi connectivity index (χ1n) is 7.03. The van der Waals surface area contributed by atoms with Crippen LogP contribution in [0.5, 0.6) is 0 Å². The molecular formula is C16H14ClN5O. The lowest BCUT2D eigenvalue weighted by Crippen LogP contribution is -2.32. The van der Waals surface area contributed by atoms with E-state index < -0.39 is 0 Å². The Morgan fingerprint density at radius 3 is 2.74 bits per heavy atom. The molecule has 1 amide bonds. The Balaban J connectivity index is 1.84. The van der Waals surface area contributed by atoms with Gasteiger partial charge in [-0.05, 0) is 17.7 Å². The van der Waals surface area contributed by atoms with Gasteiger partial charge in [-0.3, -0.25) is 9.48 Å². The van der Waals surface area contributed by atoms with Crippen LogP contribution in [-0.2, 0) is 6.54 Å². The number of carbonyl (C=O) groups excluding carboxylic acids is 1. The van der Waals surface area contributed by atoms with Crippen molar-refractivity contribution in [1.29, 1.82) is 0 Å². The number of aromatic nitrogens is 4. The Hall–Kier alpha value is -2.73. The Kier molecular flexibility index (Phi) is 4.63. The van der Waals surface area contributed by atoms with Crippen molar-refractivity contribution in [2.75, 3.05) is 0 Å². The van der Waals surface area contributed by atoms with Gasteiger partial charge in [-0.25, -0.2) is 9.97 Å². The van der Waals surface area contributed by atoms with Gasteiger partial charge in [0.25, 0.3) is 5.91 Å². The minimum absolute atomic E-state index is 0.178. The van der Waals surface area contributed by atoms with E-state index in [-0.39, 0.29) is 17.1 Å². The Labute approximate surface area is 138 Å². The molecule has 3 aromatic rings. The van der Waals surface area contributed by atoms with Crippen molar-refractivity contribution < 1.29 is 4.79 Å². The monoisotopic (exact) mass is 327 g/mol. The lowest BCUT2D eigenvalue weighted by molar-refractivity contribution is 0.0931. The molecule has 0 fully saturated rings. The number of nitrogens with zero attached hydrogens (tertiary/aromatic N) is 4. The summed E-state index contributed by atoms with van der Waals surface area (Å²) in [4.78, 5) is 20.4. The number of amides is 1. The lowest BCUT2D eigenvalue weighted by Gasteiger charge is -2.19. The van der Waals surface area contributed by atoms with Gasteiger partial charge in [0, 0.05) is 6.20 Å². The molecule has 0 aliphatic rings. The summed E-state index contributed by atoms with van der Waals surface area (Å²) in [6.45, 7) is 0.466. The molecule has 1 atom stereocenters. The topological polar surface area (TPSA) is 72.7 Å². The van der Waals surface area contributed by atoms with E-state index in [1.54, 1.807) is 29.3 Å². The van der Waals surface area contributed by atoms with E-state index in [0.717, 1.165) is 5.56 Å². The fraction of sp³-hybridized carbons (Fsp3) is 0.125. The maximum atomic E-state index is 12.5. The van der Waals surface area contributed by atoms with E-state index in [9.17, 15) is 4.79 Å². The summed E-state index contributed by atoms with van der Waals surface area (Å²) in [5.41, 5.74) is 1.31. The van der Waals surface area contributed by atoms with Gasteiger partial charge in [0.15, 0.2) is 0 Å². The molecule has 23 heavy (non-hydrogen) atoms. The van der Waals surface area contributed by atoms with Crippen LogP contribution in [0.2, 0.25) is 5.15 Å². The van der Waals surface area contributed by atoms with E-state index in [4.69, 9.17) is 11.6 Å². The molecule has 1 N–H and O–H groups in total. The van der Waals surface area contributed by atoms with E-state index in [1.807, 2.05) is 30.3 Å². The highest BCUT2D eigenvalue weighted by Gasteiger charge is 2.18. The van der Waals surface area contributed by atoms with E-state index in [0.29, 0.717) is 12.1 Å². The number of hydrogen-bond acceptors (Lipinski definition) is 4. The number of hydrogen-bond donors (Lipinski definition) is 1. The van der Waals surface area contributed by atoms with Crippen LogP contribution in [-0.4, -0.2) is 25.7 Å². The van der Waals surface area contributed by atoms with Crippen LogP contribution < -0.4 is 5.32 Å². The number of rotatable bonds is 5. The first-order valence-corrected chi connectivity index (χ1v) is 7.40. The van der Waals surface area contributed by atoms with Crippen molar-refractivity contribution in [3.63, 3.8) is 0 Å². The van der Waals surface area contributed by atoms with E-state index in [2.05, 4.69) is 20.4 Å². The average molecular weight is 328 g/mol. The minimum Gasteiger partial charge on any atom is -0.343 e. The van der Waals surface area contributed by atoms with Crippen molar-refractivity contribution in [3.05, 3.63) is 77.6 Å². The molecule has 0 saturated heterocycles. The third kappa shape index (κ3) is 3.73. The van der Waals surface area contributed by atoms with Crippen LogP contribution in [0.15, 0.2) is 61.3 Å². The number of benzene rings is 1. The standard InChI is InChI=1S/C16H14ClN5O/c17-15-13(7-4-8-19-15)16(23)21-14(9-22-11-18-10-20-22)12-5-2-1-3-6-12/h1-8,10-11,14H,9H2,(H,21,23). The molecule has 0 aliphatic carbocycles. The summed E-state index contributed by atoms with van der Waals surface area (Å²) < 4.78 is 1.67. The molecule has 6 nitrogen and oxygen atoms in total. The molecule has 3 rings (SSSR count). The van der Waals surface area contributed by atoms with E-state index >= 15 is 0 Å². The summed E-state index contributed by atoms with van der Waals surface area (Å²) in [5, 5.41) is 7.25. The second kappa shape index (κ2) is 7.02. The number of carbonyl (C=O) groups is 1. The van der Waals surface area contributed by atoms with Crippen LogP contribution >= 0.6 is 11.6 Å². The van der Waals surface area contributed by atoms with Gasteiger partial charge >= 0.3 is 0 Å². The molecule has 0 spiro atoms. The lowest BCUT2D eigenvalue weighted by atomic mass is 10.1. The van der Waals surface area contributed by atoms with Gasteiger partial charge in [-0.1, -0.05) is 41.9 Å². The fourth-order valence-corrected chi connectivity index (χ4v) is 2.43. The van der Waals surface area contributed by atoms with Crippen molar-refractivity contribution in [2.24, 2.45) is 0 Å². The SMILES string of the molecule is O=C(NC(Cn1cncn1)c1ccccc1)c1cccnc1Cl.